The van der Waals surface area contributed by atoms with E-state index in [2.05, 4.69) is 20.7 Å². The molecule has 0 unspecified atom stereocenters. The van der Waals surface area contributed by atoms with Crippen molar-refractivity contribution < 1.29 is 27.9 Å². The number of aliphatic hydroxyl groups is 1. The molecule has 4 aliphatic rings. The van der Waals surface area contributed by atoms with Crippen molar-refractivity contribution in [3.05, 3.63) is 70.8 Å². The molecule has 0 radical (unpaired) electrons. The fraction of sp³-hybridized carbons (Fsp3) is 0.419. The van der Waals surface area contributed by atoms with Crippen LogP contribution in [0.15, 0.2) is 48.9 Å². The Hall–Kier alpha value is -4.34. The summed E-state index contributed by atoms with van der Waals surface area (Å²) in [6.07, 6.45) is 0.993. The van der Waals surface area contributed by atoms with Crippen LogP contribution in [0.4, 0.5) is 24.5 Å². The first-order valence-corrected chi connectivity index (χ1v) is 15.6. The van der Waals surface area contributed by atoms with Gasteiger partial charge in [0.05, 0.1) is 52.5 Å². The van der Waals surface area contributed by atoms with Crippen LogP contribution < -0.4 is 21.3 Å². The van der Waals surface area contributed by atoms with E-state index in [-0.39, 0.29) is 52.4 Å². The number of aliphatic hydroxyl groups excluding tert-OH is 1. The molecule has 3 aromatic rings. The minimum Gasteiger partial charge on any atom is -0.397 e. The second kappa shape index (κ2) is 11.4. The molecule has 1 saturated carbocycles. The lowest BCUT2D eigenvalue weighted by Gasteiger charge is -2.59. The Kier molecular flexibility index (Phi) is 7.60. The van der Waals surface area contributed by atoms with Crippen molar-refractivity contribution in [1.29, 1.82) is 0 Å². The van der Waals surface area contributed by atoms with Gasteiger partial charge in [0.25, 0.3) is 5.91 Å². The molecule has 2 saturated heterocycles. The third-order valence-electron chi connectivity index (χ3n) is 9.30. The summed E-state index contributed by atoms with van der Waals surface area (Å²) < 4.78 is 43.3. The number of pyridine rings is 1. The molecule has 3 fully saturated rings. The van der Waals surface area contributed by atoms with Gasteiger partial charge in [-0.2, -0.15) is 18.3 Å². The van der Waals surface area contributed by atoms with E-state index in [0.717, 1.165) is 17.5 Å². The zero-order valence-electron chi connectivity index (χ0n) is 25.3. The monoisotopic (exact) mass is 671 g/mol. The fourth-order valence-corrected chi connectivity index (χ4v) is 7.20. The summed E-state index contributed by atoms with van der Waals surface area (Å²) in [4.78, 5) is 35.0. The van der Waals surface area contributed by atoms with Gasteiger partial charge >= 0.3 is 6.18 Å². The number of nitrogen functional groups attached to an aromatic ring is 1. The molecule has 3 aliphatic heterocycles. The van der Waals surface area contributed by atoms with Crippen LogP contribution in [-0.2, 0) is 11.0 Å². The zero-order valence-corrected chi connectivity index (χ0v) is 26.1. The number of anilines is 2. The summed E-state index contributed by atoms with van der Waals surface area (Å²) in [5.41, 5.74) is 6.12. The van der Waals surface area contributed by atoms with Gasteiger partial charge in [-0.05, 0) is 49.6 Å². The Labute approximate surface area is 272 Å². The maximum absolute atomic E-state index is 14.1. The van der Waals surface area contributed by atoms with Gasteiger partial charge in [0.2, 0.25) is 5.91 Å². The number of hydrogen-bond acceptors (Lipinski definition) is 9. The highest BCUT2D eigenvalue weighted by Gasteiger charge is 2.54. The van der Waals surface area contributed by atoms with Crippen LogP contribution >= 0.6 is 11.6 Å². The molecule has 5 heterocycles. The molecule has 248 valence electrons. The summed E-state index contributed by atoms with van der Waals surface area (Å²) in [5, 5.41) is 19.7. The van der Waals surface area contributed by atoms with E-state index in [1.54, 1.807) is 46.1 Å². The van der Waals surface area contributed by atoms with Crippen LogP contribution in [0.2, 0.25) is 5.02 Å². The number of nitrogens with zero attached hydrogens (tertiary/aromatic N) is 6. The fourth-order valence-electron chi connectivity index (χ4n) is 6.94. The molecule has 47 heavy (non-hydrogen) atoms. The van der Waals surface area contributed by atoms with Crippen LogP contribution in [0.5, 0.6) is 0 Å². The van der Waals surface area contributed by atoms with Crippen LogP contribution in [0.1, 0.15) is 40.9 Å². The molecule has 7 rings (SSSR count). The normalized spacial score (nSPS) is 22.3. The second-order valence-electron chi connectivity index (χ2n) is 12.9. The van der Waals surface area contributed by atoms with E-state index in [1.165, 1.54) is 24.5 Å². The van der Waals surface area contributed by atoms with E-state index in [4.69, 9.17) is 17.3 Å². The Balaban J connectivity index is 1.01. The number of carbonyl (C=O) groups excluding carboxylic acids is 2. The summed E-state index contributed by atoms with van der Waals surface area (Å²) in [6, 6.07) is 7.69. The number of aromatic nitrogens is 3. The summed E-state index contributed by atoms with van der Waals surface area (Å²) in [5.74, 6) is -0.105. The minimum absolute atomic E-state index is 0.0169. The van der Waals surface area contributed by atoms with Crippen LogP contribution in [0.25, 0.3) is 11.5 Å². The van der Waals surface area contributed by atoms with Crippen LogP contribution in [-0.4, -0.2) is 93.0 Å². The Morgan fingerprint density at radius 2 is 1.96 bits per heavy atom. The summed E-state index contributed by atoms with van der Waals surface area (Å²) in [7, 11) is 1.68. The molecular weight excluding hydrogens is 639 g/mol. The molecule has 16 heteroatoms. The van der Waals surface area contributed by atoms with Crippen LogP contribution in [0.3, 0.4) is 0 Å². The number of carbonyl (C=O) groups is 2. The number of hydrogen-bond donors (Lipinski definition) is 4. The number of rotatable bonds is 6. The smallest absolute Gasteiger partial charge is 0.397 e. The molecule has 2 atom stereocenters. The molecule has 12 nitrogen and oxygen atoms in total. The first kappa shape index (κ1) is 31.3. The molecule has 2 aromatic heterocycles. The SMILES string of the molecule is CN1CN(c2ccc(C(=O)N3CC4(CC(NC(=O)[C@@H]5C[C@@H](O)CN5)C4)C3)c(Cl)c2)C=C1c1cn(-c2ccc(N)cn2)nc1C(F)(F)F. The number of nitrogens with one attached hydrogen (secondary N) is 2. The average Bonchev–Trinajstić information content (AvgIpc) is 3.71. The van der Waals surface area contributed by atoms with Gasteiger partial charge in [-0.1, -0.05) is 11.6 Å². The average molecular weight is 672 g/mol. The van der Waals surface area contributed by atoms with Gasteiger partial charge in [0.15, 0.2) is 11.5 Å². The summed E-state index contributed by atoms with van der Waals surface area (Å²) >= 11 is 6.60. The van der Waals surface area contributed by atoms with Crippen LogP contribution in [0, 0.1) is 5.41 Å². The molecule has 1 spiro atoms. The number of likely N-dealkylation sites (tertiary alicyclic amines) is 1. The maximum Gasteiger partial charge on any atom is 0.435 e. The number of nitrogens with two attached hydrogens (primary N) is 1. The molecule has 1 aromatic carbocycles. The summed E-state index contributed by atoms with van der Waals surface area (Å²) in [6.45, 7) is 1.80. The molecule has 5 N–H and O–H groups in total. The first-order chi connectivity index (χ1) is 22.3. The lowest BCUT2D eigenvalue weighted by molar-refractivity contribution is -0.141. The first-order valence-electron chi connectivity index (χ1n) is 15.2. The van der Waals surface area contributed by atoms with E-state index >= 15 is 0 Å². The third-order valence-corrected chi connectivity index (χ3v) is 9.61. The predicted molar refractivity (Wildman–Crippen MR) is 167 cm³/mol. The van der Waals surface area contributed by atoms with Gasteiger partial charge in [-0.3, -0.25) is 9.59 Å². The zero-order chi connectivity index (χ0) is 33.2. The maximum atomic E-state index is 14.1. The van der Waals surface area contributed by atoms with Crippen molar-refractivity contribution in [2.45, 2.75) is 43.6 Å². The van der Waals surface area contributed by atoms with Crippen molar-refractivity contribution in [2.75, 3.05) is 44.0 Å². The van der Waals surface area contributed by atoms with E-state index in [1.807, 2.05) is 0 Å². The van der Waals surface area contributed by atoms with E-state index in [0.29, 0.717) is 48.7 Å². The number of halogens is 4. The van der Waals surface area contributed by atoms with Gasteiger partial charge in [-0.15, -0.1) is 0 Å². The quantitative estimate of drug-likeness (QED) is 0.311. The third kappa shape index (κ3) is 5.87. The van der Waals surface area contributed by atoms with Gasteiger partial charge in [-0.25, -0.2) is 9.67 Å². The highest BCUT2D eigenvalue weighted by Crippen LogP contribution is 2.49. The largest absolute Gasteiger partial charge is 0.435 e. The lowest BCUT2D eigenvalue weighted by atomic mass is 9.60. The number of alkyl halides is 3. The van der Waals surface area contributed by atoms with Gasteiger partial charge in [0, 0.05) is 56.2 Å². The minimum atomic E-state index is -4.71. The molecule has 0 bridgehead atoms. The van der Waals surface area contributed by atoms with Crippen molar-refractivity contribution in [2.24, 2.45) is 5.41 Å². The molecule has 1 aliphatic carbocycles. The second-order valence-corrected chi connectivity index (χ2v) is 13.3. The van der Waals surface area contributed by atoms with Crippen molar-refractivity contribution >= 4 is 40.5 Å². The lowest BCUT2D eigenvalue weighted by Crippen LogP contribution is -2.68. The van der Waals surface area contributed by atoms with Crippen molar-refractivity contribution in [3.63, 3.8) is 0 Å². The topological polar surface area (TPSA) is 145 Å². The number of benzene rings is 1. The number of amides is 2. The Bertz CT molecular complexity index is 1750. The molecular formula is C31H33ClF3N9O3. The van der Waals surface area contributed by atoms with E-state index in [9.17, 15) is 27.9 Å². The predicted octanol–water partition coefficient (Wildman–Crippen LogP) is 2.67. The van der Waals surface area contributed by atoms with Gasteiger partial charge < -0.3 is 36.2 Å². The molecule has 2 amide bonds. The van der Waals surface area contributed by atoms with E-state index < -0.39 is 18.0 Å². The van der Waals surface area contributed by atoms with Gasteiger partial charge in [0.1, 0.15) is 0 Å². The Morgan fingerprint density at radius 1 is 1.19 bits per heavy atom. The standard InChI is InChI=1S/C31H33ClF3N9O3/c1-41-16-42(13-25(41)22-12-44(40-27(22)31(33,34)35)26-5-2-17(36)10-38-26)19-3-4-21(23(32)6-19)29(47)43-14-30(15-43)8-18(9-30)39-28(46)24-7-20(45)11-37-24/h2-6,10,12-13,18,20,24,37,45H,7-9,11,14-16,36H2,1H3,(H,39,46)/t20-,24+/m1/s1. The number of β-amino-alcohol motifs (C(OH)–C–C–N with tert-alkyl or cyclic N) is 1. The highest BCUT2D eigenvalue weighted by molar-refractivity contribution is 6.34. The van der Waals surface area contributed by atoms with Crippen molar-refractivity contribution in [1.82, 2.24) is 35.2 Å². The highest BCUT2D eigenvalue weighted by atomic mass is 35.5. The Morgan fingerprint density at radius 3 is 2.60 bits per heavy atom. The van der Waals surface area contributed by atoms with Crippen molar-refractivity contribution in [3.8, 4) is 5.82 Å².